The van der Waals surface area contributed by atoms with E-state index < -0.39 is 7.22 Å². The van der Waals surface area contributed by atoms with Crippen molar-refractivity contribution in [3.05, 3.63) is 0 Å². The molecule has 0 atom stereocenters. The molecule has 0 N–H and O–H groups in total. The molecule has 0 aromatic rings. The summed E-state index contributed by atoms with van der Waals surface area (Å²) >= 11 is 2.25. The maximum atomic E-state index is 5.47. The van der Waals surface area contributed by atoms with E-state index in [1.165, 1.54) is 5.75 Å². The Kier molecular flexibility index (Phi) is 8.03. The number of ether oxygens (including phenoxy) is 1. The van der Waals surface area contributed by atoms with Gasteiger partial charge in [0.05, 0.1) is 6.61 Å². The molecule has 0 radical (unpaired) electrons. The van der Waals surface area contributed by atoms with E-state index in [1.807, 2.05) is 0 Å². The summed E-state index contributed by atoms with van der Waals surface area (Å²) < 4.78 is 5.47. The molecule has 16 heavy (non-hydrogen) atoms. The van der Waals surface area contributed by atoms with Gasteiger partial charge in [0.15, 0.2) is 0 Å². The van der Waals surface area contributed by atoms with E-state index in [-0.39, 0.29) is 0 Å². The molecular formula is C13H30OSSi. The SMILES string of the molecule is CCOCCS[Si](C(C)C)(C(C)C)C(C)C. The molecule has 0 aliphatic carbocycles. The Bertz CT molecular complexity index is 159. The normalized spacial score (nSPS) is 13.1. The summed E-state index contributed by atoms with van der Waals surface area (Å²) in [5, 5.41) is 0. The van der Waals surface area contributed by atoms with Gasteiger partial charge in [-0.1, -0.05) is 41.5 Å². The van der Waals surface area contributed by atoms with Crippen LogP contribution >= 0.6 is 11.2 Å². The van der Waals surface area contributed by atoms with Gasteiger partial charge in [-0.25, -0.2) is 0 Å². The summed E-state index contributed by atoms with van der Waals surface area (Å²) in [5.74, 6) is 1.18. The molecule has 98 valence electrons. The smallest absolute Gasteiger partial charge is 0.125 e. The van der Waals surface area contributed by atoms with Gasteiger partial charge in [0.1, 0.15) is 7.22 Å². The molecule has 0 amide bonds. The van der Waals surface area contributed by atoms with Crippen LogP contribution in [0.5, 0.6) is 0 Å². The highest BCUT2D eigenvalue weighted by atomic mass is 32.4. The molecule has 0 saturated carbocycles. The van der Waals surface area contributed by atoms with Gasteiger partial charge in [0.2, 0.25) is 0 Å². The predicted octanol–water partition coefficient (Wildman–Crippen LogP) is 4.93. The molecular weight excluding hydrogens is 232 g/mol. The predicted molar refractivity (Wildman–Crippen MR) is 80.0 cm³/mol. The zero-order valence-corrected chi connectivity index (χ0v) is 14.0. The van der Waals surface area contributed by atoms with Crippen molar-refractivity contribution in [3.8, 4) is 0 Å². The van der Waals surface area contributed by atoms with E-state index in [9.17, 15) is 0 Å². The fraction of sp³-hybridized carbons (Fsp3) is 1.00. The van der Waals surface area contributed by atoms with Crippen molar-refractivity contribution in [1.82, 2.24) is 0 Å². The molecule has 0 saturated heterocycles. The largest absolute Gasteiger partial charge is 0.381 e. The van der Waals surface area contributed by atoms with Gasteiger partial charge in [-0.15, -0.1) is 0 Å². The molecule has 0 fully saturated rings. The molecule has 0 heterocycles. The summed E-state index contributed by atoms with van der Waals surface area (Å²) in [5.41, 5.74) is 2.54. The second-order valence-electron chi connectivity index (χ2n) is 5.36. The second kappa shape index (κ2) is 7.78. The van der Waals surface area contributed by atoms with Gasteiger partial charge in [-0.05, 0) is 23.5 Å². The van der Waals surface area contributed by atoms with E-state index in [0.29, 0.717) is 0 Å². The lowest BCUT2D eigenvalue weighted by Crippen LogP contribution is -2.41. The van der Waals surface area contributed by atoms with Crippen LogP contribution in [0.2, 0.25) is 16.6 Å². The molecule has 0 aliphatic rings. The van der Waals surface area contributed by atoms with Gasteiger partial charge in [-0.3, -0.25) is 0 Å². The van der Waals surface area contributed by atoms with Crippen LogP contribution in [0.3, 0.4) is 0 Å². The Morgan fingerprint density at radius 2 is 1.38 bits per heavy atom. The van der Waals surface area contributed by atoms with Gasteiger partial charge < -0.3 is 4.74 Å². The maximum Gasteiger partial charge on any atom is 0.125 e. The van der Waals surface area contributed by atoms with Crippen molar-refractivity contribution in [1.29, 1.82) is 0 Å². The first kappa shape index (κ1) is 16.5. The van der Waals surface area contributed by atoms with E-state index in [4.69, 9.17) is 4.74 Å². The van der Waals surface area contributed by atoms with Crippen LogP contribution in [0, 0.1) is 0 Å². The highest BCUT2D eigenvalue weighted by Gasteiger charge is 2.43. The van der Waals surface area contributed by atoms with Gasteiger partial charge in [-0.2, -0.15) is 11.2 Å². The standard InChI is InChI=1S/C13H30OSSi/c1-8-14-9-10-15-16(11(2)3,12(4)5)13(6)7/h11-13H,8-10H2,1-7H3. The summed E-state index contributed by atoms with van der Waals surface area (Å²) in [6, 6.07) is 0. The summed E-state index contributed by atoms with van der Waals surface area (Å²) in [7, 11) is -1.24. The Balaban J connectivity index is 4.52. The molecule has 0 spiro atoms. The van der Waals surface area contributed by atoms with Crippen LogP contribution in [0.15, 0.2) is 0 Å². The molecule has 0 unspecified atom stereocenters. The minimum absolute atomic E-state index is 0.846. The topological polar surface area (TPSA) is 9.23 Å². The quantitative estimate of drug-likeness (QED) is 0.453. The van der Waals surface area contributed by atoms with E-state index in [1.54, 1.807) is 0 Å². The molecule has 0 aromatic carbocycles. The highest BCUT2D eigenvalue weighted by Crippen LogP contribution is 2.48. The van der Waals surface area contributed by atoms with Crippen molar-refractivity contribution in [2.24, 2.45) is 0 Å². The maximum absolute atomic E-state index is 5.47. The van der Waals surface area contributed by atoms with Crippen LogP contribution in [-0.2, 0) is 4.74 Å². The number of hydrogen-bond donors (Lipinski definition) is 0. The van der Waals surface area contributed by atoms with Crippen molar-refractivity contribution in [2.75, 3.05) is 19.0 Å². The van der Waals surface area contributed by atoms with Crippen LogP contribution < -0.4 is 0 Å². The minimum atomic E-state index is -1.24. The van der Waals surface area contributed by atoms with Crippen LogP contribution in [0.1, 0.15) is 48.5 Å². The lowest BCUT2D eigenvalue weighted by atomic mass is 10.5. The van der Waals surface area contributed by atoms with Crippen molar-refractivity contribution >= 4 is 18.4 Å². The van der Waals surface area contributed by atoms with E-state index >= 15 is 0 Å². The van der Waals surface area contributed by atoms with Crippen LogP contribution in [0.4, 0.5) is 0 Å². The third kappa shape index (κ3) is 4.08. The van der Waals surface area contributed by atoms with Crippen molar-refractivity contribution in [2.45, 2.75) is 65.1 Å². The Labute approximate surface area is 107 Å². The lowest BCUT2D eigenvalue weighted by molar-refractivity contribution is 0.164. The number of hydrogen-bond acceptors (Lipinski definition) is 2. The van der Waals surface area contributed by atoms with Crippen molar-refractivity contribution in [3.63, 3.8) is 0 Å². The molecule has 1 nitrogen and oxygen atoms in total. The zero-order chi connectivity index (χ0) is 12.8. The zero-order valence-electron chi connectivity index (χ0n) is 12.2. The van der Waals surface area contributed by atoms with Crippen LogP contribution in [0.25, 0.3) is 0 Å². The van der Waals surface area contributed by atoms with Crippen LogP contribution in [-0.4, -0.2) is 26.2 Å². The van der Waals surface area contributed by atoms with E-state index in [2.05, 4.69) is 59.7 Å². The average Bonchev–Trinajstić information content (AvgIpc) is 2.16. The monoisotopic (exact) mass is 262 g/mol. The second-order valence-corrected chi connectivity index (χ2v) is 14.2. The third-order valence-electron chi connectivity index (χ3n) is 3.49. The lowest BCUT2D eigenvalue weighted by Gasteiger charge is -2.42. The molecule has 0 aromatic heterocycles. The third-order valence-corrected chi connectivity index (χ3v) is 16.1. The fourth-order valence-electron chi connectivity index (χ4n) is 2.92. The first-order valence-corrected chi connectivity index (χ1v) is 10.5. The Morgan fingerprint density at radius 1 is 0.938 bits per heavy atom. The molecule has 3 heteroatoms. The highest BCUT2D eigenvalue weighted by molar-refractivity contribution is 8.29. The summed E-state index contributed by atoms with van der Waals surface area (Å²) in [6.45, 7) is 18.3. The first-order valence-electron chi connectivity index (χ1n) is 6.61. The average molecular weight is 263 g/mol. The van der Waals surface area contributed by atoms with Gasteiger partial charge >= 0.3 is 0 Å². The summed E-state index contributed by atoms with van der Waals surface area (Å²) in [6.07, 6.45) is 0. The Hall–Kier alpha value is 0.527. The van der Waals surface area contributed by atoms with E-state index in [0.717, 1.165) is 29.8 Å². The van der Waals surface area contributed by atoms with Gasteiger partial charge in [0, 0.05) is 12.4 Å². The minimum Gasteiger partial charge on any atom is -0.381 e. The fourth-order valence-corrected chi connectivity index (χ4v) is 12.8. The van der Waals surface area contributed by atoms with Gasteiger partial charge in [0.25, 0.3) is 0 Å². The Morgan fingerprint density at radius 3 is 1.69 bits per heavy atom. The molecule has 0 aliphatic heterocycles. The molecule has 0 rings (SSSR count). The van der Waals surface area contributed by atoms with Crippen molar-refractivity contribution < 1.29 is 4.74 Å². The number of rotatable bonds is 8. The first-order chi connectivity index (χ1) is 7.39. The summed E-state index contributed by atoms with van der Waals surface area (Å²) in [4.78, 5) is 0. The molecule has 0 bridgehead atoms.